The van der Waals surface area contributed by atoms with Crippen LogP contribution in [-0.4, -0.2) is 18.7 Å². The van der Waals surface area contributed by atoms with Crippen molar-refractivity contribution in [2.24, 2.45) is 0 Å². The van der Waals surface area contributed by atoms with Gasteiger partial charge in [0.1, 0.15) is 5.75 Å². The zero-order valence-corrected chi connectivity index (χ0v) is 11.8. The molecular weight excluding hydrogens is 222 g/mol. The Hall–Kier alpha value is -1.02. The van der Waals surface area contributed by atoms with E-state index in [9.17, 15) is 0 Å². The summed E-state index contributed by atoms with van der Waals surface area (Å²) in [6.45, 7) is 7.48. The number of benzene rings is 1. The van der Waals surface area contributed by atoms with E-state index in [1.165, 1.54) is 18.4 Å². The average molecular weight is 247 g/mol. The molecule has 100 valence electrons. The Labute approximate surface area is 111 Å². The molecule has 1 aliphatic heterocycles. The zero-order valence-electron chi connectivity index (χ0n) is 11.8. The van der Waals surface area contributed by atoms with E-state index >= 15 is 0 Å². The van der Waals surface area contributed by atoms with E-state index in [4.69, 9.17) is 4.74 Å². The molecule has 1 N–H and O–H groups in total. The Balaban J connectivity index is 2.04. The van der Waals surface area contributed by atoms with Crippen LogP contribution in [0.25, 0.3) is 0 Å². The van der Waals surface area contributed by atoms with Gasteiger partial charge in [0.15, 0.2) is 0 Å². The van der Waals surface area contributed by atoms with Crippen molar-refractivity contribution >= 4 is 0 Å². The second-order valence-electron chi connectivity index (χ2n) is 5.34. The maximum Gasteiger partial charge on any atom is 0.119 e. The molecule has 0 saturated carbocycles. The molecule has 3 atom stereocenters. The standard InChI is InChI=1S/C16H25NO/c1-4-10-18-14-8-6-13(7-9-14)15-11-12(3)17-16(15)5-2/h6-9,12,15-17H,4-5,10-11H2,1-3H3. The lowest BCUT2D eigenvalue weighted by atomic mass is 9.90. The zero-order chi connectivity index (χ0) is 13.0. The van der Waals surface area contributed by atoms with Crippen LogP contribution >= 0.6 is 0 Å². The van der Waals surface area contributed by atoms with Crippen molar-refractivity contribution in [3.8, 4) is 5.75 Å². The first-order chi connectivity index (χ1) is 8.74. The van der Waals surface area contributed by atoms with Crippen LogP contribution < -0.4 is 10.1 Å². The minimum Gasteiger partial charge on any atom is -0.494 e. The summed E-state index contributed by atoms with van der Waals surface area (Å²) >= 11 is 0. The number of nitrogens with one attached hydrogen (secondary N) is 1. The highest BCUT2D eigenvalue weighted by atomic mass is 16.5. The molecule has 2 nitrogen and oxygen atoms in total. The van der Waals surface area contributed by atoms with Gasteiger partial charge in [-0.2, -0.15) is 0 Å². The minimum absolute atomic E-state index is 0.627. The maximum absolute atomic E-state index is 5.63. The average Bonchev–Trinajstić information content (AvgIpc) is 2.78. The fourth-order valence-electron chi connectivity index (χ4n) is 2.90. The van der Waals surface area contributed by atoms with Gasteiger partial charge in [-0.15, -0.1) is 0 Å². The molecule has 1 fully saturated rings. The predicted molar refractivity (Wildman–Crippen MR) is 76.3 cm³/mol. The van der Waals surface area contributed by atoms with Crippen LogP contribution in [0.1, 0.15) is 51.5 Å². The van der Waals surface area contributed by atoms with Gasteiger partial charge in [0.05, 0.1) is 6.61 Å². The van der Waals surface area contributed by atoms with Crippen LogP contribution in [0, 0.1) is 0 Å². The first kappa shape index (κ1) is 13.4. The smallest absolute Gasteiger partial charge is 0.119 e. The molecule has 0 bridgehead atoms. The van der Waals surface area contributed by atoms with Gasteiger partial charge in [0.25, 0.3) is 0 Å². The van der Waals surface area contributed by atoms with Crippen LogP contribution in [-0.2, 0) is 0 Å². The molecule has 0 radical (unpaired) electrons. The highest BCUT2D eigenvalue weighted by molar-refractivity contribution is 5.31. The van der Waals surface area contributed by atoms with E-state index in [2.05, 4.69) is 50.4 Å². The Morgan fingerprint density at radius 3 is 2.56 bits per heavy atom. The molecule has 18 heavy (non-hydrogen) atoms. The number of hydrogen-bond acceptors (Lipinski definition) is 2. The first-order valence-electron chi connectivity index (χ1n) is 7.23. The van der Waals surface area contributed by atoms with Crippen molar-refractivity contribution in [2.75, 3.05) is 6.61 Å². The monoisotopic (exact) mass is 247 g/mol. The summed E-state index contributed by atoms with van der Waals surface area (Å²) in [6, 6.07) is 9.95. The Bertz CT molecular complexity index is 360. The minimum atomic E-state index is 0.627. The summed E-state index contributed by atoms with van der Waals surface area (Å²) in [7, 11) is 0. The van der Waals surface area contributed by atoms with Gasteiger partial charge in [-0.1, -0.05) is 26.0 Å². The van der Waals surface area contributed by atoms with E-state index in [1.807, 2.05) is 0 Å². The lowest BCUT2D eigenvalue weighted by Gasteiger charge is -2.18. The van der Waals surface area contributed by atoms with E-state index in [-0.39, 0.29) is 0 Å². The summed E-state index contributed by atoms with van der Waals surface area (Å²) in [5.41, 5.74) is 1.45. The second kappa shape index (κ2) is 6.24. The topological polar surface area (TPSA) is 21.3 Å². The molecule has 0 amide bonds. The van der Waals surface area contributed by atoms with E-state index < -0.39 is 0 Å². The molecule has 1 saturated heterocycles. The highest BCUT2D eigenvalue weighted by Gasteiger charge is 2.30. The fourth-order valence-corrected chi connectivity index (χ4v) is 2.90. The first-order valence-corrected chi connectivity index (χ1v) is 7.23. The van der Waals surface area contributed by atoms with Gasteiger partial charge in [-0.25, -0.2) is 0 Å². The Kier molecular flexibility index (Phi) is 4.65. The van der Waals surface area contributed by atoms with E-state index in [1.54, 1.807) is 0 Å². The third-order valence-corrected chi connectivity index (χ3v) is 3.81. The molecular formula is C16H25NO. The van der Waals surface area contributed by atoms with Crippen molar-refractivity contribution in [1.82, 2.24) is 5.32 Å². The molecule has 1 aromatic carbocycles. The molecule has 0 aliphatic carbocycles. The summed E-state index contributed by atoms with van der Waals surface area (Å²) < 4.78 is 5.63. The summed E-state index contributed by atoms with van der Waals surface area (Å²) in [5.74, 6) is 1.65. The highest BCUT2D eigenvalue weighted by Crippen LogP contribution is 2.33. The SMILES string of the molecule is CCCOc1ccc(C2CC(C)NC2CC)cc1. The number of hydrogen-bond donors (Lipinski definition) is 1. The van der Waals surface area contributed by atoms with Crippen molar-refractivity contribution in [1.29, 1.82) is 0 Å². The Morgan fingerprint density at radius 2 is 1.94 bits per heavy atom. The van der Waals surface area contributed by atoms with Crippen LogP contribution in [0.2, 0.25) is 0 Å². The van der Waals surface area contributed by atoms with Crippen LogP contribution in [0.15, 0.2) is 24.3 Å². The van der Waals surface area contributed by atoms with Gasteiger partial charge in [0, 0.05) is 18.0 Å². The summed E-state index contributed by atoms with van der Waals surface area (Å²) in [4.78, 5) is 0. The Morgan fingerprint density at radius 1 is 1.22 bits per heavy atom. The molecule has 0 aromatic heterocycles. The van der Waals surface area contributed by atoms with Crippen molar-refractivity contribution in [3.63, 3.8) is 0 Å². The fraction of sp³-hybridized carbons (Fsp3) is 0.625. The van der Waals surface area contributed by atoms with Crippen LogP contribution in [0.3, 0.4) is 0 Å². The largest absolute Gasteiger partial charge is 0.494 e. The maximum atomic E-state index is 5.63. The predicted octanol–water partition coefficient (Wildman–Crippen LogP) is 3.72. The second-order valence-corrected chi connectivity index (χ2v) is 5.34. The molecule has 1 aliphatic rings. The van der Waals surface area contributed by atoms with Crippen molar-refractivity contribution in [2.45, 2.75) is 58.0 Å². The van der Waals surface area contributed by atoms with E-state index in [0.29, 0.717) is 18.0 Å². The van der Waals surface area contributed by atoms with Crippen LogP contribution in [0.5, 0.6) is 5.75 Å². The quantitative estimate of drug-likeness (QED) is 0.856. The van der Waals surface area contributed by atoms with Crippen molar-refractivity contribution in [3.05, 3.63) is 29.8 Å². The van der Waals surface area contributed by atoms with Crippen LogP contribution in [0.4, 0.5) is 0 Å². The van der Waals surface area contributed by atoms with Gasteiger partial charge in [-0.3, -0.25) is 0 Å². The molecule has 1 heterocycles. The lowest BCUT2D eigenvalue weighted by molar-refractivity contribution is 0.317. The third-order valence-electron chi connectivity index (χ3n) is 3.81. The summed E-state index contributed by atoms with van der Waals surface area (Å²) in [6.07, 6.45) is 3.50. The lowest BCUT2D eigenvalue weighted by Crippen LogP contribution is -2.28. The number of rotatable bonds is 5. The number of ether oxygens (including phenoxy) is 1. The van der Waals surface area contributed by atoms with Crippen molar-refractivity contribution < 1.29 is 4.74 Å². The normalized spacial score (nSPS) is 27.4. The van der Waals surface area contributed by atoms with Gasteiger partial charge < -0.3 is 10.1 Å². The molecule has 2 rings (SSSR count). The van der Waals surface area contributed by atoms with Gasteiger partial charge >= 0.3 is 0 Å². The molecule has 0 spiro atoms. The molecule has 2 heteroatoms. The molecule has 3 unspecified atom stereocenters. The molecule has 1 aromatic rings. The summed E-state index contributed by atoms with van der Waals surface area (Å²) in [5, 5.41) is 3.67. The van der Waals surface area contributed by atoms with E-state index in [0.717, 1.165) is 18.8 Å². The van der Waals surface area contributed by atoms with Gasteiger partial charge in [0.2, 0.25) is 0 Å². The third kappa shape index (κ3) is 3.05. The van der Waals surface area contributed by atoms with Gasteiger partial charge in [-0.05, 0) is 43.9 Å².